The van der Waals surface area contributed by atoms with Crippen LogP contribution in [0.4, 0.5) is 0 Å². The van der Waals surface area contributed by atoms with E-state index in [9.17, 15) is 5.11 Å². The van der Waals surface area contributed by atoms with E-state index in [0.29, 0.717) is 19.0 Å². The fourth-order valence-electron chi connectivity index (χ4n) is 2.86. The van der Waals surface area contributed by atoms with Crippen molar-refractivity contribution in [3.05, 3.63) is 53.7 Å². The van der Waals surface area contributed by atoms with Crippen LogP contribution in [0.3, 0.4) is 0 Å². The zero-order valence-electron chi connectivity index (χ0n) is 14.6. The number of nitrogens with zero attached hydrogens (tertiary/aromatic N) is 1. The van der Waals surface area contributed by atoms with Crippen molar-refractivity contribution in [2.24, 2.45) is 0 Å². The van der Waals surface area contributed by atoms with Crippen LogP contribution in [-0.4, -0.2) is 31.4 Å². The molecule has 3 aromatic rings. The molecule has 1 heterocycles. The lowest BCUT2D eigenvalue weighted by atomic mass is 10.0. The summed E-state index contributed by atoms with van der Waals surface area (Å²) in [6, 6.07) is 11.4. The molecule has 5 nitrogen and oxygen atoms in total. The Kier molecular flexibility index (Phi) is 5.16. The highest BCUT2D eigenvalue weighted by atomic mass is 16.5. The van der Waals surface area contributed by atoms with Gasteiger partial charge in [-0.15, -0.1) is 0 Å². The second-order valence-corrected chi connectivity index (χ2v) is 5.79. The summed E-state index contributed by atoms with van der Waals surface area (Å²) in [5.41, 5.74) is 3.88. The van der Waals surface area contributed by atoms with Crippen molar-refractivity contribution in [2.75, 3.05) is 21.3 Å². The summed E-state index contributed by atoms with van der Waals surface area (Å²) in [4.78, 5) is 4.55. The van der Waals surface area contributed by atoms with Crippen LogP contribution in [0.1, 0.15) is 11.1 Å². The van der Waals surface area contributed by atoms with Gasteiger partial charge < -0.3 is 19.3 Å². The average molecular weight is 339 g/mol. The van der Waals surface area contributed by atoms with Gasteiger partial charge in [0, 0.05) is 31.4 Å². The van der Waals surface area contributed by atoms with Gasteiger partial charge in [0.25, 0.3) is 0 Å². The van der Waals surface area contributed by atoms with Crippen LogP contribution in [-0.2, 0) is 22.7 Å². The molecule has 0 saturated heterocycles. The Balaban J connectivity index is 2.08. The maximum Gasteiger partial charge on any atom is 0.161 e. The van der Waals surface area contributed by atoms with Crippen LogP contribution in [0.5, 0.6) is 11.5 Å². The van der Waals surface area contributed by atoms with Crippen molar-refractivity contribution in [1.29, 1.82) is 0 Å². The molecule has 130 valence electrons. The fourth-order valence-corrected chi connectivity index (χ4v) is 2.86. The third-order valence-electron chi connectivity index (χ3n) is 4.12. The third-order valence-corrected chi connectivity index (χ3v) is 4.12. The lowest BCUT2D eigenvalue weighted by molar-refractivity contribution is 0.168. The molecule has 0 radical (unpaired) electrons. The van der Waals surface area contributed by atoms with Gasteiger partial charge in [-0.1, -0.05) is 0 Å². The number of fused-ring (bicyclic) bond motifs is 1. The van der Waals surface area contributed by atoms with Crippen molar-refractivity contribution < 1.29 is 19.3 Å². The molecule has 1 aromatic heterocycles. The Bertz CT molecular complexity index is 892. The van der Waals surface area contributed by atoms with Crippen LogP contribution < -0.4 is 4.74 Å². The van der Waals surface area contributed by atoms with E-state index in [1.165, 1.54) is 7.11 Å². The summed E-state index contributed by atoms with van der Waals surface area (Å²) < 4.78 is 15.8. The number of rotatable bonds is 6. The summed E-state index contributed by atoms with van der Waals surface area (Å²) in [6.07, 6.45) is 1.85. The predicted molar refractivity (Wildman–Crippen MR) is 96.8 cm³/mol. The molecule has 0 bridgehead atoms. The quantitative estimate of drug-likeness (QED) is 0.738. The molecule has 0 aliphatic carbocycles. The number of benzene rings is 2. The molecule has 0 aliphatic rings. The molecule has 0 atom stereocenters. The van der Waals surface area contributed by atoms with E-state index in [2.05, 4.69) is 17.1 Å². The minimum atomic E-state index is 0.110. The maximum absolute atomic E-state index is 9.76. The van der Waals surface area contributed by atoms with E-state index in [-0.39, 0.29) is 5.75 Å². The molecule has 0 fully saturated rings. The molecule has 0 spiro atoms. The lowest BCUT2D eigenvalue weighted by Crippen LogP contribution is -1.98. The Labute approximate surface area is 146 Å². The molecule has 2 aromatic carbocycles. The summed E-state index contributed by atoms with van der Waals surface area (Å²) in [7, 11) is 4.89. The number of hydrogen-bond acceptors (Lipinski definition) is 5. The molecule has 0 saturated carbocycles. The molecule has 0 unspecified atom stereocenters. The standard InChI is InChI=1S/C20H21NO4/c1-23-11-16-6-14-8-18(13-4-5-19(22)20(9-13)25-3)21-10-15(14)7-17(16)12-24-2/h4-10,22H,11-12H2,1-3H3. The first-order valence-corrected chi connectivity index (χ1v) is 7.93. The van der Waals surface area contributed by atoms with Crippen LogP contribution in [0.25, 0.3) is 22.0 Å². The third kappa shape index (κ3) is 3.57. The molecule has 5 heteroatoms. The van der Waals surface area contributed by atoms with E-state index in [1.807, 2.05) is 18.3 Å². The van der Waals surface area contributed by atoms with Crippen molar-refractivity contribution in [1.82, 2.24) is 4.98 Å². The predicted octanol–water partition coefficient (Wildman–Crippen LogP) is 3.91. The van der Waals surface area contributed by atoms with Crippen LogP contribution in [0.15, 0.2) is 42.6 Å². The highest BCUT2D eigenvalue weighted by Crippen LogP contribution is 2.32. The summed E-state index contributed by atoms with van der Waals surface area (Å²) in [5.74, 6) is 0.536. The maximum atomic E-state index is 9.76. The molecule has 25 heavy (non-hydrogen) atoms. The number of phenolic OH excluding ortho intramolecular Hbond substituents is 1. The number of hydrogen-bond donors (Lipinski definition) is 1. The Hall–Kier alpha value is -2.63. The smallest absolute Gasteiger partial charge is 0.161 e. The minimum absolute atomic E-state index is 0.110. The van der Waals surface area contributed by atoms with E-state index in [0.717, 1.165) is 33.2 Å². The first-order valence-electron chi connectivity index (χ1n) is 7.93. The van der Waals surface area contributed by atoms with E-state index >= 15 is 0 Å². The SMILES string of the molecule is COCc1cc2cnc(-c3ccc(O)c(OC)c3)cc2cc1COC. The normalized spacial score (nSPS) is 11.0. The second kappa shape index (κ2) is 7.51. The first kappa shape index (κ1) is 17.2. The molecular formula is C20H21NO4. The van der Waals surface area contributed by atoms with Gasteiger partial charge in [-0.05, 0) is 52.9 Å². The van der Waals surface area contributed by atoms with Gasteiger partial charge in [0.05, 0.1) is 26.0 Å². The van der Waals surface area contributed by atoms with Crippen molar-refractivity contribution in [3.8, 4) is 22.8 Å². The Morgan fingerprint density at radius 1 is 0.880 bits per heavy atom. The van der Waals surface area contributed by atoms with Crippen LogP contribution in [0.2, 0.25) is 0 Å². The zero-order chi connectivity index (χ0) is 17.8. The van der Waals surface area contributed by atoms with E-state index in [4.69, 9.17) is 14.2 Å². The Morgan fingerprint density at radius 2 is 1.56 bits per heavy atom. The highest BCUT2D eigenvalue weighted by molar-refractivity contribution is 5.86. The molecular weight excluding hydrogens is 318 g/mol. The number of aromatic hydroxyl groups is 1. The lowest BCUT2D eigenvalue weighted by Gasteiger charge is -2.12. The number of pyridine rings is 1. The van der Waals surface area contributed by atoms with Crippen LogP contribution >= 0.6 is 0 Å². The number of aromatic nitrogens is 1. The first-order chi connectivity index (χ1) is 12.2. The Morgan fingerprint density at radius 3 is 2.20 bits per heavy atom. The summed E-state index contributed by atoms with van der Waals surface area (Å²) >= 11 is 0. The van der Waals surface area contributed by atoms with Gasteiger partial charge in [0.15, 0.2) is 11.5 Å². The monoisotopic (exact) mass is 339 g/mol. The van der Waals surface area contributed by atoms with Gasteiger partial charge >= 0.3 is 0 Å². The summed E-state index contributed by atoms with van der Waals surface area (Å²) in [6.45, 7) is 1.06. The molecule has 3 rings (SSSR count). The van der Waals surface area contributed by atoms with E-state index in [1.54, 1.807) is 26.4 Å². The van der Waals surface area contributed by atoms with Gasteiger partial charge in [-0.3, -0.25) is 4.98 Å². The minimum Gasteiger partial charge on any atom is -0.504 e. The van der Waals surface area contributed by atoms with Gasteiger partial charge in [0.2, 0.25) is 0 Å². The zero-order valence-corrected chi connectivity index (χ0v) is 14.6. The second-order valence-electron chi connectivity index (χ2n) is 5.79. The van der Waals surface area contributed by atoms with Crippen LogP contribution in [0, 0.1) is 0 Å². The molecule has 0 aliphatic heterocycles. The molecule has 1 N–H and O–H groups in total. The van der Waals surface area contributed by atoms with Gasteiger partial charge in [-0.25, -0.2) is 0 Å². The average Bonchev–Trinajstić information content (AvgIpc) is 2.62. The highest BCUT2D eigenvalue weighted by Gasteiger charge is 2.09. The van der Waals surface area contributed by atoms with Crippen molar-refractivity contribution in [3.63, 3.8) is 0 Å². The summed E-state index contributed by atoms with van der Waals surface area (Å²) in [5, 5.41) is 11.9. The largest absolute Gasteiger partial charge is 0.504 e. The van der Waals surface area contributed by atoms with Crippen molar-refractivity contribution in [2.45, 2.75) is 13.2 Å². The van der Waals surface area contributed by atoms with Gasteiger partial charge in [0.1, 0.15) is 0 Å². The van der Waals surface area contributed by atoms with Gasteiger partial charge in [-0.2, -0.15) is 0 Å². The topological polar surface area (TPSA) is 60.8 Å². The fraction of sp³-hybridized carbons (Fsp3) is 0.250. The van der Waals surface area contributed by atoms with Crippen molar-refractivity contribution >= 4 is 10.8 Å². The molecule has 0 amide bonds. The van der Waals surface area contributed by atoms with E-state index < -0.39 is 0 Å². The number of methoxy groups -OCH3 is 3. The number of phenols is 1. The number of ether oxygens (including phenoxy) is 3.